The number of esters is 1. The van der Waals surface area contributed by atoms with E-state index in [0.717, 1.165) is 31.7 Å². The van der Waals surface area contributed by atoms with Gasteiger partial charge in [0.25, 0.3) is 5.91 Å². The zero-order valence-corrected chi connectivity index (χ0v) is 13.1. The summed E-state index contributed by atoms with van der Waals surface area (Å²) in [5.41, 5.74) is 0.0683. The van der Waals surface area contributed by atoms with Gasteiger partial charge in [-0.3, -0.25) is 4.79 Å². The molecule has 1 saturated carbocycles. The van der Waals surface area contributed by atoms with E-state index in [9.17, 15) is 14.0 Å². The normalized spacial score (nSPS) is 14.5. The van der Waals surface area contributed by atoms with Gasteiger partial charge in [-0.1, -0.05) is 18.9 Å². The highest BCUT2D eigenvalue weighted by Crippen LogP contribution is 2.31. The Morgan fingerprint density at radius 1 is 1.29 bits per heavy atom. The van der Waals surface area contributed by atoms with Crippen molar-refractivity contribution in [3.63, 3.8) is 0 Å². The van der Waals surface area contributed by atoms with E-state index in [1.165, 1.54) is 18.2 Å². The molecule has 1 aliphatic rings. The van der Waals surface area contributed by atoms with Gasteiger partial charge in [0.1, 0.15) is 11.6 Å². The van der Waals surface area contributed by atoms with Crippen molar-refractivity contribution in [2.24, 2.45) is 0 Å². The molecule has 126 valence electrons. The van der Waals surface area contributed by atoms with E-state index in [1.54, 1.807) is 16.9 Å². The van der Waals surface area contributed by atoms with Crippen LogP contribution >= 0.6 is 0 Å². The first-order valence-electron chi connectivity index (χ1n) is 7.89. The van der Waals surface area contributed by atoms with Crippen LogP contribution in [-0.4, -0.2) is 28.3 Å². The molecule has 0 unspecified atom stereocenters. The molecule has 0 saturated heterocycles. The predicted molar refractivity (Wildman–Crippen MR) is 85.0 cm³/mol. The summed E-state index contributed by atoms with van der Waals surface area (Å²) in [6.07, 6.45) is 6.03. The van der Waals surface area contributed by atoms with Gasteiger partial charge >= 0.3 is 5.97 Å². The second-order valence-electron chi connectivity index (χ2n) is 5.73. The number of anilines is 1. The SMILES string of the molecule is O=C(COC(=O)c1cccc(F)c1)Nc1ccnn1C1CCCC1. The molecule has 1 aliphatic carbocycles. The highest BCUT2D eigenvalue weighted by atomic mass is 19.1. The second kappa shape index (κ2) is 7.25. The molecule has 0 atom stereocenters. The molecule has 6 nitrogen and oxygen atoms in total. The quantitative estimate of drug-likeness (QED) is 0.855. The number of carbonyl (C=O) groups is 2. The molecule has 1 N–H and O–H groups in total. The van der Waals surface area contributed by atoms with Crippen molar-refractivity contribution in [1.29, 1.82) is 0 Å². The fourth-order valence-corrected chi connectivity index (χ4v) is 2.86. The predicted octanol–water partition coefficient (Wildman–Crippen LogP) is 2.93. The molecule has 0 spiro atoms. The lowest BCUT2D eigenvalue weighted by atomic mass is 10.2. The number of nitrogens with zero attached hydrogens (tertiary/aromatic N) is 2. The summed E-state index contributed by atoms with van der Waals surface area (Å²) < 4.78 is 19.8. The molecule has 7 heteroatoms. The zero-order valence-electron chi connectivity index (χ0n) is 13.1. The molecule has 1 aromatic carbocycles. The third-order valence-corrected chi connectivity index (χ3v) is 4.00. The van der Waals surface area contributed by atoms with E-state index in [-0.39, 0.29) is 5.56 Å². The van der Waals surface area contributed by atoms with Gasteiger partial charge in [0.2, 0.25) is 0 Å². The number of benzene rings is 1. The molecular weight excluding hydrogens is 313 g/mol. The smallest absolute Gasteiger partial charge is 0.338 e. The number of ether oxygens (including phenoxy) is 1. The summed E-state index contributed by atoms with van der Waals surface area (Å²) in [5.74, 6) is -1.14. The summed E-state index contributed by atoms with van der Waals surface area (Å²) in [4.78, 5) is 23.8. The Kier molecular flexibility index (Phi) is 4.88. The van der Waals surface area contributed by atoms with Crippen LogP contribution in [-0.2, 0) is 9.53 Å². The zero-order chi connectivity index (χ0) is 16.9. The molecule has 24 heavy (non-hydrogen) atoms. The number of hydrogen-bond acceptors (Lipinski definition) is 4. The van der Waals surface area contributed by atoms with Gasteiger partial charge in [-0.25, -0.2) is 13.9 Å². The van der Waals surface area contributed by atoms with E-state index in [0.29, 0.717) is 11.9 Å². The van der Waals surface area contributed by atoms with Gasteiger partial charge in [0.15, 0.2) is 6.61 Å². The number of aromatic nitrogens is 2. The topological polar surface area (TPSA) is 73.2 Å². The largest absolute Gasteiger partial charge is 0.452 e. The maximum Gasteiger partial charge on any atom is 0.338 e. The van der Waals surface area contributed by atoms with Crippen LogP contribution in [0.25, 0.3) is 0 Å². The van der Waals surface area contributed by atoms with Gasteiger partial charge in [-0.2, -0.15) is 5.10 Å². The molecule has 1 aromatic heterocycles. The van der Waals surface area contributed by atoms with Crippen LogP contribution in [0.3, 0.4) is 0 Å². The van der Waals surface area contributed by atoms with E-state index in [1.807, 2.05) is 0 Å². The fourth-order valence-electron chi connectivity index (χ4n) is 2.86. The van der Waals surface area contributed by atoms with Crippen molar-refractivity contribution in [1.82, 2.24) is 9.78 Å². The molecule has 1 amide bonds. The van der Waals surface area contributed by atoms with Gasteiger partial charge in [0.05, 0.1) is 17.8 Å². The average molecular weight is 331 g/mol. The van der Waals surface area contributed by atoms with Crippen LogP contribution in [0.2, 0.25) is 0 Å². The minimum Gasteiger partial charge on any atom is -0.452 e. The van der Waals surface area contributed by atoms with Gasteiger partial charge < -0.3 is 10.1 Å². The Labute approximate surface area is 138 Å². The molecule has 2 aromatic rings. The number of halogens is 1. The van der Waals surface area contributed by atoms with Crippen molar-refractivity contribution < 1.29 is 18.7 Å². The summed E-state index contributed by atoms with van der Waals surface area (Å²) in [6.45, 7) is -0.439. The summed E-state index contributed by atoms with van der Waals surface area (Å²) in [7, 11) is 0. The van der Waals surface area contributed by atoms with E-state index >= 15 is 0 Å². The minimum atomic E-state index is -0.742. The number of carbonyl (C=O) groups excluding carboxylic acids is 2. The lowest BCUT2D eigenvalue weighted by Crippen LogP contribution is -2.23. The van der Waals surface area contributed by atoms with Crippen LogP contribution in [0.5, 0.6) is 0 Å². The number of nitrogens with one attached hydrogen (secondary N) is 1. The molecule has 0 bridgehead atoms. The van der Waals surface area contributed by atoms with Gasteiger partial charge in [-0.05, 0) is 31.0 Å². The summed E-state index contributed by atoms with van der Waals surface area (Å²) in [6, 6.07) is 7.14. The first-order valence-corrected chi connectivity index (χ1v) is 7.89. The average Bonchev–Trinajstić information content (AvgIpc) is 3.23. The molecule has 0 radical (unpaired) electrons. The van der Waals surface area contributed by atoms with Crippen LogP contribution < -0.4 is 5.32 Å². The minimum absolute atomic E-state index is 0.0683. The standard InChI is InChI=1S/C17H18FN3O3/c18-13-5-3-4-12(10-13)17(23)24-11-16(22)20-15-8-9-19-21(15)14-6-1-2-7-14/h3-5,8-10,14H,1-2,6-7,11H2,(H,20,22). The monoisotopic (exact) mass is 331 g/mol. The van der Waals surface area contributed by atoms with E-state index in [2.05, 4.69) is 10.4 Å². The molecular formula is C17H18FN3O3. The fraction of sp³-hybridized carbons (Fsp3) is 0.353. The molecule has 0 aliphatic heterocycles. The third kappa shape index (κ3) is 3.79. The Morgan fingerprint density at radius 2 is 2.08 bits per heavy atom. The Bertz CT molecular complexity index is 738. The lowest BCUT2D eigenvalue weighted by molar-refractivity contribution is -0.119. The lowest BCUT2D eigenvalue weighted by Gasteiger charge is -2.14. The van der Waals surface area contributed by atoms with Crippen molar-refractivity contribution in [2.75, 3.05) is 11.9 Å². The molecule has 1 heterocycles. The van der Waals surface area contributed by atoms with Gasteiger partial charge in [-0.15, -0.1) is 0 Å². The molecule has 1 fully saturated rings. The van der Waals surface area contributed by atoms with Crippen molar-refractivity contribution in [3.8, 4) is 0 Å². The highest BCUT2D eigenvalue weighted by molar-refractivity contribution is 5.95. The van der Waals surface area contributed by atoms with Gasteiger partial charge in [0, 0.05) is 6.07 Å². The summed E-state index contributed by atoms with van der Waals surface area (Å²) in [5, 5.41) is 6.95. The van der Waals surface area contributed by atoms with Crippen LogP contribution in [0.15, 0.2) is 36.5 Å². The van der Waals surface area contributed by atoms with Crippen LogP contribution in [0.1, 0.15) is 42.1 Å². The number of rotatable bonds is 5. The first kappa shape index (κ1) is 16.2. The van der Waals surface area contributed by atoms with Crippen molar-refractivity contribution in [2.45, 2.75) is 31.7 Å². The van der Waals surface area contributed by atoms with Crippen molar-refractivity contribution in [3.05, 3.63) is 47.9 Å². The highest BCUT2D eigenvalue weighted by Gasteiger charge is 2.20. The van der Waals surface area contributed by atoms with E-state index in [4.69, 9.17) is 4.74 Å². The van der Waals surface area contributed by atoms with Crippen LogP contribution in [0.4, 0.5) is 10.2 Å². The third-order valence-electron chi connectivity index (χ3n) is 4.00. The number of amides is 1. The molecule has 3 rings (SSSR count). The number of hydrogen-bond donors (Lipinski definition) is 1. The Balaban J connectivity index is 1.55. The maximum absolute atomic E-state index is 13.1. The Hall–Kier alpha value is -2.70. The van der Waals surface area contributed by atoms with Crippen molar-refractivity contribution >= 4 is 17.7 Å². The first-order chi connectivity index (χ1) is 11.6. The Morgan fingerprint density at radius 3 is 2.83 bits per heavy atom. The second-order valence-corrected chi connectivity index (χ2v) is 5.73. The summed E-state index contributed by atoms with van der Waals surface area (Å²) >= 11 is 0. The van der Waals surface area contributed by atoms with Crippen LogP contribution in [0, 0.1) is 5.82 Å². The maximum atomic E-state index is 13.1. The van der Waals surface area contributed by atoms with E-state index < -0.39 is 24.3 Å².